The van der Waals surface area contributed by atoms with E-state index in [-0.39, 0.29) is 18.3 Å². The molecule has 0 aromatic rings. The van der Waals surface area contributed by atoms with E-state index in [0.717, 1.165) is 0 Å². The average molecular weight is 261 g/mol. The molecule has 1 rings (SSSR count). The maximum Gasteiger partial charge on any atom is 0.307 e. The molecule has 98 valence electrons. The third kappa shape index (κ3) is 3.54. The molecule has 1 aliphatic heterocycles. The highest BCUT2D eigenvalue weighted by molar-refractivity contribution is 7.89. The number of aliphatic carboxylic acids is 1. The first-order valence-electron chi connectivity index (χ1n) is 5.71. The van der Waals surface area contributed by atoms with Crippen LogP contribution >= 0.6 is 0 Å². The molecule has 6 heteroatoms. The van der Waals surface area contributed by atoms with Crippen LogP contribution in [0.3, 0.4) is 0 Å². The normalized spacial score (nSPS) is 26.6. The molecule has 1 fully saturated rings. The van der Waals surface area contributed by atoms with Gasteiger partial charge in [0.2, 0.25) is 10.0 Å². The highest BCUT2D eigenvalue weighted by Crippen LogP contribution is 2.25. The minimum absolute atomic E-state index is 0.00712. The molecule has 0 saturated carbocycles. The van der Waals surface area contributed by atoms with Crippen LogP contribution in [0.15, 0.2) is 12.7 Å². The highest BCUT2D eigenvalue weighted by atomic mass is 32.2. The molecule has 0 aliphatic carbocycles. The van der Waals surface area contributed by atoms with Crippen molar-refractivity contribution in [3.05, 3.63) is 12.7 Å². The van der Waals surface area contributed by atoms with Crippen LogP contribution in [0.25, 0.3) is 0 Å². The zero-order valence-electron chi connectivity index (χ0n) is 10.0. The summed E-state index contributed by atoms with van der Waals surface area (Å²) in [5.41, 5.74) is 0. The second-order valence-corrected chi connectivity index (χ2v) is 6.47. The Morgan fingerprint density at radius 2 is 2.18 bits per heavy atom. The molecule has 5 nitrogen and oxygen atoms in total. The number of carbonyl (C=O) groups is 1. The van der Waals surface area contributed by atoms with Gasteiger partial charge in [-0.15, -0.1) is 6.58 Å². The molecule has 0 radical (unpaired) electrons. The lowest BCUT2D eigenvalue weighted by Gasteiger charge is -2.35. The minimum Gasteiger partial charge on any atom is -0.481 e. The van der Waals surface area contributed by atoms with Crippen molar-refractivity contribution in [2.24, 2.45) is 5.92 Å². The Kier molecular flexibility index (Phi) is 4.70. The van der Waals surface area contributed by atoms with Crippen LogP contribution in [-0.4, -0.2) is 42.1 Å². The molecule has 0 aromatic carbocycles. The number of hydrogen-bond donors (Lipinski definition) is 1. The highest BCUT2D eigenvalue weighted by Gasteiger charge is 2.35. The number of carboxylic acids is 1. The zero-order chi connectivity index (χ0) is 13.1. The van der Waals surface area contributed by atoms with E-state index in [1.54, 1.807) is 6.08 Å². The van der Waals surface area contributed by atoms with Crippen molar-refractivity contribution in [2.45, 2.75) is 32.2 Å². The lowest BCUT2D eigenvalue weighted by atomic mass is 9.96. The maximum atomic E-state index is 12.0. The Hall–Kier alpha value is -0.880. The molecular formula is C11H19NO4S. The Morgan fingerprint density at radius 1 is 1.53 bits per heavy atom. The number of allylic oxidation sites excluding steroid dienone is 1. The van der Waals surface area contributed by atoms with Gasteiger partial charge in [0.25, 0.3) is 0 Å². The summed E-state index contributed by atoms with van der Waals surface area (Å²) in [4.78, 5) is 10.9. The number of nitrogens with zero attached hydrogens (tertiary/aromatic N) is 1. The van der Waals surface area contributed by atoms with E-state index in [1.165, 1.54) is 4.31 Å². The summed E-state index contributed by atoms with van der Waals surface area (Å²) in [5.74, 6) is -1.49. The van der Waals surface area contributed by atoms with Crippen LogP contribution < -0.4 is 0 Å². The molecule has 0 aromatic heterocycles. The van der Waals surface area contributed by atoms with Gasteiger partial charge >= 0.3 is 5.97 Å². The lowest BCUT2D eigenvalue weighted by Crippen LogP contribution is -2.48. The van der Waals surface area contributed by atoms with Crippen molar-refractivity contribution in [3.8, 4) is 0 Å². The first-order chi connectivity index (χ1) is 7.88. The van der Waals surface area contributed by atoms with Crippen LogP contribution in [0.4, 0.5) is 0 Å². The molecule has 2 atom stereocenters. The molecular weight excluding hydrogens is 242 g/mol. The molecule has 2 unspecified atom stereocenters. The number of rotatable bonds is 5. The summed E-state index contributed by atoms with van der Waals surface area (Å²) < 4.78 is 25.3. The Balaban J connectivity index is 2.79. The van der Waals surface area contributed by atoms with Gasteiger partial charge in [0, 0.05) is 12.6 Å². The summed E-state index contributed by atoms with van der Waals surface area (Å²) >= 11 is 0. The standard InChI is InChI=1S/C11H19NO4S/c1-3-4-7-17(15,16)12-8-10(11(13)14)6-5-9(12)2/h3,9-10H,1,4-8H2,2H3,(H,13,14). The number of carboxylic acid groups (broad SMARTS) is 1. The molecule has 0 amide bonds. The van der Waals surface area contributed by atoms with E-state index >= 15 is 0 Å². The largest absolute Gasteiger partial charge is 0.481 e. The van der Waals surface area contributed by atoms with E-state index in [2.05, 4.69) is 6.58 Å². The van der Waals surface area contributed by atoms with E-state index in [9.17, 15) is 13.2 Å². The van der Waals surface area contributed by atoms with Crippen molar-refractivity contribution >= 4 is 16.0 Å². The minimum atomic E-state index is -3.36. The van der Waals surface area contributed by atoms with E-state index < -0.39 is 21.9 Å². The third-order valence-corrected chi connectivity index (χ3v) is 5.09. The maximum absolute atomic E-state index is 12.0. The van der Waals surface area contributed by atoms with Crippen LogP contribution in [-0.2, 0) is 14.8 Å². The second-order valence-electron chi connectivity index (χ2n) is 4.42. The van der Waals surface area contributed by atoms with Gasteiger partial charge in [0.05, 0.1) is 11.7 Å². The molecule has 1 aliphatic rings. The molecule has 1 saturated heterocycles. The number of hydrogen-bond acceptors (Lipinski definition) is 3. The molecule has 1 heterocycles. The second kappa shape index (κ2) is 5.64. The first kappa shape index (κ1) is 14.2. The van der Waals surface area contributed by atoms with Crippen LogP contribution in [0.1, 0.15) is 26.2 Å². The fourth-order valence-corrected chi connectivity index (χ4v) is 3.77. The predicted molar refractivity (Wildman–Crippen MR) is 65.1 cm³/mol. The van der Waals surface area contributed by atoms with Crippen molar-refractivity contribution in [1.82, 2.24) is 4.31 Å². The van der Waals surface area contributed by atoms with Gasteiger partial charge in [-0.2, -0.15) is 4.31 Å². The molecule has 0 spiro atoms. The lowest BCUT2D eigenvalue weighted by molar-refractivity contribution is -0.143. The fourth-order valence-electron chi connectivity index (χ4n) is 2.01. The summed E-state index contributed by atoms with van der Waals surface area (Å²) in [6.07, 6.45) is 3.10. The van der Waals surface area contributed by atoms with Gasteiger partial charge in [-0.1, -0.05) is 6.08 Å². The van der Waals surface area contributed by atoms with Gasteiger partial charge < -0.3 is 5.11 Å². The number of sulfonamides is 1. The Labute approximate surface area is 102 Å². The Bertz CT molecular complexity index is 390. The van der Waals surface area contributed by atoms with Gasteiger partial charge in [-0.05, 0) is 26.2 Å². The van der Waals surface area contributed by atoms with Crippen LogP contribution in [0, 0.1) is 5.92 Å². The quantitative estimate of drug-likeness (QED) is 0.751. The van der Waals surface area contributed by atoms with Crippen molar-refractivity contribution in [1.29, 1.82) is 0 Å². The van der Waals surface area contributed by atoms with E-state index in [0.29, 0.717) is 19.3 Å². The van der Waals surface area contributed by atoms with Gasteiger partial charge in [-0.25, -0.2) is 8.42 Å². The first-order valence-corrected chi connectivity index (χ1v) is 7.32. The van der Waals surface area contributed by atoms with Crippen LogP contribution in [0.5, 0.6) is 0 Å². The summed E-state index contributed by atoms with van der Waals surface area (Å²) in [7, 11) is -3.36. The summed E-state index contributed by atoms with van der Waals surface area (Å²) in [6, 6.07) is -0.111. The van der Waals surface area contributed by atoms with Gasteiger partial charge in [0.1, 0.15) is 0 Å². The number of piperidine rings is 1. The molecule has 1 N–H and O–H groups in total. The predicted octanol–water partition coefficient (Wildman–Crippen LogP) is 1.08. The summed E-state index contributed by atoms with van der Waals surface area (Å²) in [6.45, 7) is 5.41. The topological polar surface area (TPSA) is 74.7 Å². The average Bonchev–Trinajstić information content (AvgIpc) is 2.26. The molecule has 0 bridgehead atoms. The monoisotopic (exact) mass is 261 g/mol. The van der Waals surface area contributed by atoms with E-state index in [4.69, 9.17) is 5.11 Å². The van der Waals surface area contributed by atoms with Gasteiger partial charge in [0.15, 0.2) is 0 Å². The van der Waals surface area contributed by atoms with Crippen molar-refractivity contribution in [2.75, 3.05) is 12.3 Å². The SMILES string of the molecule is C=CCCS(=O)(=O)N1CC(C(=O)O)CCC1C. The van der Waals surface area contributed by atoms with Crippen molar-refractivity contribution in [3.63, 3.8) is 0 Å². The fraction of sp³-hybridized carbons (Fsp3) is 0.727. The smallest absolute Gasteiger partial charge is 0.307 e. The van der Waals surface area contributed by atoms with Gasteiger partial charge in [-0.3, -0.25) is 4.79 Å². The summed E-state index contributed by atoms with van der Waals surface area (Å²) in [5, 5.41) is 8.95. The van der Waals surface area contributed by atoms with Crippen LogP contribution in [0.2, 0.25) is 0 Å². The molecule has 17 heavy (non-hydrogen) atoms. The van der Waals surface area contributed by atoms with E-state index in [1.807, 2.05) is 6.92 Å². The Morgan fingerprint density at radius 3 is 2.71 bits per heavy atom. The van der Waals surface area contributed by atoms with Crippen molar-refractivity contribution < 1.29 is 18.3 Å². The third-order valence-electron chi connectivity index (χ3n) is 3.11. The zero-order valence-corrected chi connectivity index (χ0v) is 10.8.